The fourth-order valence-electron chi connectivity index (χ4n) is 1.06. The van der Waals surface area contributed by atoms with Gasteiger partial charge >= 0.3 is 0 Å². The summed E-state index contributed by atoms with van der Waals surface area (Å²) in [5.41, 5.74) is 4.01. The van der Waals surface area contributed by atoms with Crippen molar-refractivity contribution >= 4 is 6.08 Å². The molecule has 0 atom stereocenters. The summed E-state index contributed by atoms with van der Waals surface area (Å²) in [7, 11) is 0. The smallest absolute Gasteiger partial charge is 0.0257 e. The maximum Gasteiger partial charge on any atom is -0.0257 e. The number of hydrogen-bond donors (Lipinski definition) is 0. The Morgan fingerprint density at radius 3 is 1.88 bits per heavy atom. The fourth-order valence-corrected chi connectivity index (χ4v) is 1.06. The first kappa shape index (κ1) is 17.4. The van der Waals surface area contributed by atoms with Crippen LogP contribution in [0, 0.1) is 13.8 Å². The molecule has 0 fully saturated rings. The molecule has 0 saturated carbocycles. The predicted octanol–water partition coefficient (Wildman–Crippen LogP) is 5.78. The molecule has 0 bridgehead atoms. The molecule has 0 nitrogen and oxygen atoms in total. The van der Waals surface area contributed by atoms with Gasteiger partial charge in [0.2, 0.25) is 0 Å². The van der Waals surface area contributed by atoms with Crippen LogP contribution < -0.4 is 0 Å². The maximum absolute atomic E-state index is 2.20. The molecule has 0 heteroatoms. The largest absolute Gasteiger partial charge is 0.0871 e. The van der Waals surface area contributed by atoms with Crippen LogP contribution in [0.15, 0.2) is 24.3 Å². The SMILES string of the molecule is C/C=C\c1ccc(C)c(C)c1.CC.CCC. The molecule has 0 aliphatic rings. The monoisotopic (exact) mass is 220 g/mol. The minimum Gasteiger partial charge on any atom is -0.0871 e. The Morgan fingerprint density at radius 1 is 1.00 bits per heavy atom. The molecule has 0 heterocycles. The number of hydrogen-bond acceptors (Lipinski definition) is 0. The summed E-state index contributed by atoms with van der Waals surface area (Å²) in [5.74, 6) is 0. The average molecular weight is 220 g/mol. The zero-order chi connectivity index (χ0) is 13.0. The summed E-state index contributed by atoms with van der Waals surface area (Å²) in [4.78, 5) is 0. The Balaban J connectivity index is 0. The molecule has 0 aromatic heterocycles. The zero-order valence-electron chi connectivity index (χ0n) is 12.1. The number of benzene rings is 1. The summed E-state index contributed by atoms with van der Waals surface area (Å²) in [6.45, 7) is 14.6. The van der Waals surface area contributed by atoms with Gasteiger partial charge in [0.15, 0.2) is 0 Å². The van der Waals surface area contributed by atoms with E-state index in [0.717, 1.165) is 0 Å². The van der Waals surface area contributed by atoms with E-state index in [1.54, 1.807) is 0 Å². The summed E-state index contributed by atoms with van der Waals surface area (Å²) in [6, 6.07) is 6.50. The van der Waals surface area contributed by atoms with Gasteiger partial charge in [-0.2, -0.15) is 0 Å². The van der Waals surface area contributed by atoms with Crippen molar-refractivity contribution in [3.63, 3.8) is 0 Å². The van der Waals surface area contributed by atoms with Gasteiger partial charge in [-0.15, -0.1) is 0 Å². The van der Waals surface area contributed by atoms with Gasteiger partial charge < -0.3 is 0 Å². The average Bonchev–Trinajstić information content (AvgIpc) is 2.28. The molecule has 0 unspecified atom stereocenters. The Bertz CT molecular complexity index is 282. The molecule has 1 rings (SSSR count). The molecular formula is C16H28. The van der Waals surface area contributed by atoms with E-state index in [4.69, 9.17) is 0 Å². The van der Waals surface area contributed by atoms with Crippen LogP contribution >= 0.6 is 0 Å². The molecule has 0 saturated heterocycles. The first-order valence-electron chi connectivity index (χ1n) is 6.35. The Morgan fingerprint density at radius 2 is 1.50 bits per heavy atom. The van der Waals surface area contributed by atoms with Crippen molar-refractivity contribution in [2.75, 3.05) is 0 Å². The highest BCUT2D eigenvalue weighted by atomic mass is 14.0. The molecule has 0 radical (unpaired) electrons. The van der Waals surface area contributed by atoms with Crippen LogP contribution in [0.25, 0.3) is 6.08 Å². The van der Waals surface area contributed by atoms with Crippen LogP contribution in [-0.2, 0) is 0 Å². The first-order valence-corrected chi connectivity index (χ1v) is 6.35. The molecule has 92 valence electrons. The van der Waals surface area contributed by atoms with Crippen molar-refractivity contribution in [2.24, 2.45) is 0 Å². The van der Waals surface area contributed by atoms with Gasteiger partial charge in [0.25, 0.3) is 0 Å². The summed E-state index contributed by atoms with van der Waals surface area (Å²) < 4.78 is 0. The van der Waals surface area contributed by atoms with E-state index >= 15 is 0 Å². The number of rotatable bonds is 1. The summed E-state index contributed by atoms with van der Waals surface area (Å²) in [6.07, 6.45) is 5.43. The predicted molar refractivity (Wildman–Crippen MR) is 77.9 cm³/mol. The lowest BCUT2D eigenvalue weighted by Crippen LogP contribution is -1.80. The van der Waals surface area contributed by atoms with E-state index < -0.39 is 0 Å². The standard InChI is InChI=1S/C11H14.C3H8.C2H6/c1-4-5-11-7-6-9(2)10(3)8-11;1-3-2;1-2/h4-8H,1-3H3;3H2,1-2H3;1-2H3/b5-4-;;. The summed E-state index contributed by atoms with van der Waals surface area (Å²) >= 11 is 0. The van der Waals surface area contributed by atoms with Crippen molar-refractivity contribution in [1.82, 2.24) is 0 Å². The second-order valence-electron chi connectivity index (χ2n) is 3.55. The third-order valence-electron chi connectivity index (χ3n) is 1.89. The van der Waals surface area contributed by atoms with Gasteiger partial charge in [-0.25, -0.2) is 0 Å². The third-order valence-corrected chi connectivity index (χ3v) is 1.89. The van der Waals surface area contributed by atoms with E-state index in [1.807, 2.05) is 20.8 Å². The summed E-state index contributed by atoms with van der Waals surface area (Å²) in [5, 5.41) is 0. The highest BCUT2D eigenvalue weighted by Crippen LogP contribution is 2.10. The van der Waals surface area contributed by atoms with Gasteiger partial charge in [0.05, 0.1) is 0 Å². The molecule has 0 aliphatic heterocycles. The van der Waals surface area contributed by atoms with E-state index in [9.17, 15) is 0 Å². The van der Waals surface area contributed by atoms with Crippen LogP contribution in [-0.4, -0.2) is 0 Å². The van der Waals surface area contributed by atoms with Crippen molar-refractivity contribution in [3.05, 3.63) is 41.0 Å². The van der Waals surface area contributed by atoms with Gasteiger partial charge in [0, 0.05) is 0 Å². The van der Waals surface area contributed by atoms with Crippen LogP contribution in [0.2, 0.25) is 0 Å². The van der Waals surface area contributed by atoms with E-state index in [1.165, 1.54) is 23.1 Å². The van der Waals surface area contributed by atoms with Crippen molar-refractivity contribution in [3.8, 4) is 0 Å². The Labute approximate surface area is 102 Å². The quantitative estimate of drug-likeness (QED) is 0.563. The molecule has 0 amide bonds. The highest BCUT2D eigenvalue weighted by molar-refractivity contribution is 5.51. The molecular weight excluding hydrogens is 192 g/mol. The van der Waals surface area contributed by atoms with Crippen LogP contribution in [0.3, 0.4) is 0 Å². The lowest BCUT2D eigenvalue weighted by molar-refractivity contribution is 1.09. The Kier molecular flexibility index (Phi) is 13.1. The van der Waals surface area contributed by atoms with Crippen LogP contribution in [0.4, 0.5) is 0 Å². The molecule has 0 spiro atoms. The van der Waals surface area contributed by atoms with Gasteiger partial charge in [-0.05, 0) is 37.5 Å². The topological polar surface area (TPSA) is 0 Å². The molecule has 1 aromatic rings. The first-order chi connectivity index (χ1) is 7.65. The van der Waals surface area contributed by atoms with Gasteiger partial charge in [-0.3, -0.25) is 0 Å². The van der Waals surface area contributed by atoms with Crippen molar-refractivity contribution < 1.29 is 0 Å². The maximum atomic E-state index is 2.20. The van der Waals surface area contributed by atoms with Gasteiger partial charge in [-0.1, -0.05) is 64.5 Å². The number of aryl methyl sites for hydroxylation is 2. The van der Waals surface area contributed by atoms with E-state index in [-0.39, 0.29) is 0 Å². The van der Waals surface area contributed by atoms with Crippen LogP contribution in [0.5, 0.6) is 0 Å². The Hall–Kier alpha value is -1.04. The second kappa shape index (κ2) is 12.0. The third kappa shape index (κ3) is 8.28. The highest BCUT2D eigenvalue weighted by Gasteiger charge is 1.91. The van der Waals surface area contributed by atoms with E-state index in [2.05, 4.69) is 58.0 Å². The van der Waals surface area contributed by atoms with Crippen molar-refractivity contribution in [2.45, 2.75) is 54.9 Å². The van der Waals surface area contributed by atoms with Crippen LogP contribution in [0.1, 0.15) is 57.7 Å². The lowest BCUT2D eigenvalue weighted by Gasteiger charge is -1.99. The molecule has 1 aromatic carbocycles. The molecule has 0 N–H and O–H groups in total. The minimum atomic E-state index is 1.25. The molecule has 16 heavy (non-hydrogen) atoms. The second-order valence-corrected chi connectivity index (χ2v) is 3.55. The van der Waals surface area contributed by atoms with E-state index in [0.29, 0.717) is 0 Å². The lowest BCUT2D eigenvalue weighted by atomic mass is 10.1. The number of allylic oxidation sites excluding steroid dienone is 1. The van der Waals surface area contributed by atoms with Crippen molar-refractivity contribution in [1.29, 1.82) is 0 Å². The molecule has 0 aliphatic carbocycles. The van der Waals surface area contributed by atoms with Gasteiger partial charge in [0.1, 0.15) is 0 Å². The minimum absolute atomic E-state index is 1.25. The fraction of sp³-hybridized carbons (Fsp3) is 0.500. The normalized spacial score (nSPS) is 8.94. The zero-order valence-corrected chi connectivity index (χ0v) is 12.1.